The van der Waals surface area contributed by atoms with Crippen molar-refractivity contribution >= 4 is 52.4 Å². The van der Waals surface area contributed by atoms with E-state index < -0.39 is 0 Å². The second kappa shape index (κ2) is 11.0. The number of hydrogen-bond acceptors (Lipinski definition) is 2. The second-order valence-corrected chi connectivity index (χ2v) is 6.99. The first-order chi connectivity index (χ1) is 12.3. The van der Waals surface area contributed by atoms with Gasteiger partial charge in [0.2, 0.25) is 0 Å². The molecule has 0 atom stereocenters. The molecule has 1 aliphatic rings. The van der Waals surface area contributed by atoms with Gasteiger partial charge < -0.3 is 20.4 Å². The zero-order valence-electron chi connectivity index (χ0n) is 15.2. The third-order valence-electron chi connectivity index (χ3n) is 4.45. The quantitative estimate of drug-likeness (QED) is 0.216. The van der Waals surface area contributed by atoms with E-state index in [1.807, 2.05) is 18.2 Å². The third kappa shape index (κ3) is 6.63. The number of rotatable bonds is 9. The summed E-state index contributed by atoms with van der Waals surface area (Å²) < 4.78 is 5.64. The van der Waals surface area contributed by atoms with Crippen LogP contribution >= 0.6 is 35.6 Å². The Morgan fingerprint density at radius 2 is 2.12 bits per heavy atom. The van der Waals surface area contributed by atoms with E-state index >= 15 is 0 Å². The Balaban J connectivity index is 0.00000243. The van der Waals surface area contributed by atoms with Crippen molar-refractivity contribution in [3.05, 3.63) is 35.0 Å². The van der Waals surface area contributed by atoms with Crippen LogP contribution in [0.15, 0.2) is 29.4 Å². The minimum absolute atomic E-state index is 0. The Hall–Kier alpha value is -0.990. The van der Waals surface area contributed by atoms with E-state index in [0.29, 0.717) is 0 Å². The molecule has 0 aliphatic heterocycles. The highest BCUT2D eigenvalue weighted by atomic mass is 127. The van der Waals surface area contributed by atoms with Gasteiger partial charge in [0.25, 0.3) is 0 Å². The predicted molar refractivity (Wildman–Crippen MR) is 120 cm³/mol. The molecule has 2 aromatic rings. The highest BCUT2D eigenvalue weighted by Gasteiger charge is 2.20. The van der Waals surface area contributed by atoms with Gasteiger partial charge in [-0.15, -0.1) is 24.0 Å². The summed E-state index contributed by atoms with van der Waals surface area (Å²) >= 11 is 6.10. The van der Waals surface area contributed by atoms with Gasteiger partial charge in [-0.3, -0.25) is 4.99 Å². The van der Waals surface area contributed by atoms with Crippen LogP contribution in [0.25, 0.3) is 10.9 Å². The second-order valence-electron chi connectivity index (χ2n) is 6.55. The number of guanidine groups is 1. The average Bonchev–Trinajstić information content (AvgIpc) is 3.36. The molecule has 1 heterocycles. The molecule has 0 amide bonds. The number of nitrogens with zero attached hydrogens (tertiary/aromatic N) is 1. The van der Waals surface area contributed by atoms with E-state index in [-0.39, 0.29) is 24.0 Å². The summed E-state index contributed by atoms with van der Waals surface area (Å²) in [6.45, 7) is 3.43. The molecule has 0 spiro atoms. The monoisotopic (exact) mass is 490 g/mol. The number of benzene rings is 1. The van der Waals surface area contributed by atoms with Crippen molar-refractivity contribution in [1.29, 1.82) is 0 Å². The molecule has 1 saturated carbocycles. The summed E-state index contributed by atoms with van der Waals surface area (Å²) in [6, 6.07) is 5.93. The van der Waals surface area contributed by atoms with Crippen molar-refractivity contribution in [3.8, 4) is 0 Å². The van der Waals surface area contributed by atoms with E-state index in [1.54, 1.807) is 7.05 Å². The van der Waals surface area contributed by atoms with Crippen LogP contribution < -0.4 is 10.6 Å². The van der Waals surface area contributed by atoms with E-state index in [1.165, 1.54) is 23.8 Å². The van der Waals surface area contributed by atoms with E-state index in [0.717, 1.165) is 61.6 Å². The first-order valence-corrected chi connectivity index (χ1v) is 9.42. The minimum atomic E-state index is 0. The van der Waals surface area contributed by atoms with Crippen molar-refractivity contribution in [2.24, 2.45) is 10.9 Å². The molecule has 1 aromatic carbocycles. The third-order valence-corrected chi connectivity index (χ3v) is 4.68. The van der Waals surface area contributed by atoms with E-state index in [4.69, 9.17) is 16.3 Å². The lowest BCUT2D eigenvalue weighted by Gasteiger charge is -2.11. The van der Waals surface area contributed by atoms with Crippen LogP contribution in [0.3, 0.4) is 0 Å². The largest absolute Gasteiger partial charge is 0.381 e. The Labute approximate surface area is 177 Å². The van der Waals surface area contributed by atoms with Crippen molar-refractivity contribution in [2.45, 2.75) is 25.7 Å². The highest BCUT2D eigenvalue weighted by molar-refractivity contribution is 14.0. The minimum Gasteiger partial charge on any atom is -0.381 e. The number of H-pyrrole nitrogens is 1. The van der Waals surface area contributed by atoms with Crippen LogP contribution in [0.4, 0.5) is 0 Å². The molecular weight excluding hydrogens is 463 g/mol. The summed E-state index contributed by atoms with van der Waals surface area (Å²) in [7, 11) is 1.80. The van der Waals surface area contributed by atoms with Gasteiger partial charge in [-0.2, -0.15) is 0 Å². The predicted octanol–water partition coefficient (Wildman–Crippen LogP) is 3.96. The molecule has 26 heavy (non-hydrogen) atoms. The first-order valence-electron chi connectivity index (χ1n) is 9.04. The van der Waals surface area contributed by atoms with Crippen LogP contribution in [0, 0.1) is 5.92 Å². The normalized spacial score (nSPS) is 14.3. The fraction of sp³-hybridized carbons (Fsp3) is 0.526. The molecule has 3 rings (SSSR count). The molecule has 0 radical (unpaired) electrons. The van der Waals surface area contributed by atoms with Gasteiger partial charge in [0.1, 0.15) is 0 Å². The number of aromatic nitrogens is 1. The smallest absolute Gasteiger partial charge is 0.190 e. The summed E-state index contributed by atoms with van der Waals surface area (Å²) in [5.41, 5.74) is 2.38. The van der Waals surface area contributed by atoms with Crippen LogP contribution in [0.1, 0.15) is 24.8 Å². The van der Waals surface area contributed by atoms with Crippen molar-refractivity contribution in [3.63, 3.8) is 0 Å². The van der Waals surface area contributed by atoms with Crippen LogP contribution in [0.5, 0.6) is 0 Å². The highest BCUT2D eigenvalue weighted by Crippen LogP contribution is 2.28. The van der Waals surface area contributed by atoms with Crippen molar-refractivity contribution < 1.29 is 4.74 Å². The average molecular weight is 491 g/mol. The maximum atomic E-state index is 6.10. The fourth-order valence-corrected chi connectivity index (χ4v) is 2.98. The molecule has 1 aliphatic carbocycles. The molecule has 1 aromatic heterocycles. The van der Waals surface area contributed by atoms with Gasteiger partial charge in [0.05, 0.1) is 0 Å². The van der Waals surface area contributed by atoms with Crippen LogP contribution in [-0.4, -0.2) is 44.3 Å². The van der Waals surface area contributed by atoms with E-state index in [9.17, 15) is 0 Å². The molecule has 1 fully saturated rings. The van der Waals surface area contributed by atoms with Crippen molar-refractivity contribution in [1.82, 2.24) is 15.6 Å². The van der Waals surface area contributed by atoms with Crippen LogP contribution in [-0.2, 0) is 11.2 Å². The van der Waals surface area contributed by atoms with Crippen molar-refractivity contribution in [2.75, 3.05) is 33.4 Å². The zero-order chi connectivity index (χ0) is 17.5. The molecule has 3 N–H and O–H groups in total. The summed E-state index contributed by atoms with van der Waals surface area (Å²) in [5.74, 6) is 1.67. The van der Waals surface area contributed by atoms with Gasteiger partial charge in [-0.05, 0) is 55.4 Å². The van der Waals surface area contributed by atoms with Gasteiger partial charge in [-0.1, -0.05) is 11.6 Å². The summed E-state index contributed by atoms with van der Waals surface area (Å²) in [4.78, 5) is 7.55. The SMILES string of the molecule is CN=C(NCCCOCC1CC1)NCCc1c[nH]c2ccc(Cl)cc12.I. The summed E-state index contributed by atoms with van der Waals surface area (Å²) in [6.07, 6.45) is 6.64. The van der Waals surface area contributed by atoms with Gasteiger partial charge >= 0.3 is 0 Å². The Morgan fingerprint density at radius 1 is 1.31 bits per heavy atom. The molecule has 0 bridgehead atoms. The zero-order valence-corrected chi connectivity index (χ0v) is 18.3. The van der Waals surface area contributed by atoms with Gasteiger partial charge in [0, 0.05) is 55.5 Å². The molecule has 0 saturated heterocycles. The van der Waals surface area contributed by atoms with Gasteiger partial charge in [-0.25, -0.2) is 0 Å². The number of nitrogens with one attached hydrogen (secondary N) is 3. The number of aliphatic imine (C=N–C) groups is 1. The molecule has 0 unspecified atom stereocenters. The first kappa shape index (κ1) is 21.3. The maximum absolute atomic E-state index is 6.10. The Morgan fingerprint density at radius 3 is 2.88 bits per heavy atom. The molecule has 5 nitrogen and oxygen atoms in total. The number of fused-ring (bicyclic) bond motifs is 1. The standard InChI is InChI=1S/C19H27ClN4O.HI/c1-21-19(22-8-2-10-25-13-14-3-4-14)23-9-7-15-12-24-18-6-5-16(20)11-17(15)18;/h5-6,11-12,14,24H,2-4,7-10,13H2,1H3,(H2,21,22,23);1H. The fourth-order valence-electron chi connectivity index (χ4n) is 2.81. The number of aromatic amines is 1. The molecule has 7 heteroatoms. The molecule has 144 valence electrons. The number of hydrogen-bond donors (Lipinski definition) is 3. The Kier molecular flexibility index (Phi) is 9.01. The Bertz CT molecular complexity index is 715. The van der Waals surface area contributed by atoms with E-state index in [2.05, 4.69) is 26.8 Å². The lowest BCUT2D eigenvalue weighted by Crippen LogP contribution is -2.39. The number of ether oxygens (including phenoxy) is 1. The lowest BCUT2D eigenvalue weighted by atomic mass is 10.1. The maximum Gasteiger partial charge on any atom is 0.190 e. The summed E-state index contributed by atoms with van der Waals surface area (Å²) in [5, 5.41) is 8.64. The lowest BCUT2D eigenvalue weighted by molar-refractivity contribution is 0.123. The number of halogens is 2. The van der Waals surface area contributed by atoms with Crippen LogP contribution in [0.2, 0.25) is 5.02 Å². The van der Waals surface area contributed by atoms with Gasteiger partial charge in [0.15, 0.2) is 5.96 Å². The topological polar surface area (TPSA) is 61.4 Å². The molecular formula is C19H28ClIN4O.